The highest BCUT2D eigenvalue weighted by Crippen LogP contribution is 2.21. The molecule has 1 aliphatic rings. The second-order valence-corrected chi connectivity index (χ2v) is 2.01. The van der Waals surface area contributed by atoms with Crippen molar-refractivity contribution in [3.63, 3.8) is 0 Å². The number of hydrogen-bond donors (Lipinski definition) is 2. The Hall–Kier alpha value is -0.830. The third-order valence-corrected chi connectivity index (χ3v) is 1.07. The first-order valence-electron chi connectivity index (χ1n) is 2.59. The maximum atomic E-state index is 12.4. The second kappa shape index (κ2) is 1.84. The van der Waals surface area contributed by atoms with Gasteiger partial charge in [-0.2, -0.15) is 0 Å². The molecule has 0 radical (unpaired) electrons. The molecule has 0 aromatic heterocycles. The van der Waals surface area contributed by atoms with E-state index in [4.69, 9.17) is 10.2 Å². The summed E-state index contributed by atoms with van der Waals surface area (Å²) >= 11 is 0. The zero-order valence-electron chi connectivity index (χ0n) is 4.71. The van der Waals surface area contributed by atoms with E-state index in [2.05, 4.69) is 0 Å². The van der Waals surface area contributed by atoms with Crippen LogP contribution in [0.15, 0.2) is 24.0 Å². The van der Waals surface area contributed by atoms with E-state index in [1.807, 2.05) is 0 Å². The fraction of sp³-hybridized carbons (Fsp3) is 0.333. The Kier molecular flexibility index (Phi) is 1.29. The van der Waals surface area contributed by atoms with Crippen LogP contribution in [0.2, 0.25) is 0 Å². The van der Waals surface area contributed by atoms with E-state index in [0.29, 0.717) is 0 Å². The number of rotatable bonds is 0. The van der Waals surface area contributed by atoms with Gasteiger partial charge in [0, 0.05) is 0 Å². The summed E-state index contributed by atoms with van der Waals surface area (Å²) in [5.74, 6) is -2.48. The zero-order chi connectivity index (χ0) is 6.91. The van der Waals surface area contributed by atoms with E-state index in [-0.39, 0.29) is 12.2 Å². The average Bonchev–Trinajstić information content (AvgIpc) is 1.60. The lowest BCUT2D eigenvalue weighted by molar-refractivity contribution is -0.0481. The van der Waals surface area contributed by atoms with Crippen LogP contribution in [0.4, 0.5) is 4.39 Å². The van der Waals surface area contributed by atoms with Crippen LogP contribution in [0.1, 0.15) is 6.42 Å². The van der Waals surface area contributed by atoms with Gasteiger partial charge in [0.05, 0.1) is 12.2 Å². The maximum absolute atomic E-state index is 12.4. The molecule has 2 N–H and O–H groups in total. The first kappa shape index (κ1) is 6.29. The summed E-state index contributed by atoms with van der Waals surface area (Å²) < 4.78 is 12.4. The molecule has 0 aromatic rings. The molecular formula is C6H7FO2. The van der Waals surface area contributed by atoms with E-state index < -0.39 is 5.85 Å². The van der Waals surface area contributed by atoms with E-state index >= 15 is 0 Å². The average molecular weight is 130 g/mol. The first-order valence-corrected chi connectivity index (χ1v) is 2.59. The van der Waals surface area contributed by atoms with Gasteiger partial charge in [0.2, 0.25) is 5.85 Å². The number of halogens is 1. The van der Waals surface area contributed by atoms with Crippen molar-refractivity contribution in [2.75, 3.05) is 0 Å². The van der Waals surface area contributed by atoms with Gasteiger partial charge in [0.15, 0.2) is 0 Å². The predicted molar refractivity (Wildman–Crippen MR) is 30.5 cm³/mol. The van der Waals surface area contributed by atoms with E-state index in [1.54, 1.807) is 0 Å². The summed E-state index contributed by atoms with van der Waals surface area (Å²) in [6, 6.07) is 0. The minimum absolute atomic E-state index is 0.137. The maximum Gasteiger partial charge on any atom is 0.233 e. The number of allylic oxidation sites excluding steroid dienone is 2. The van der Waals surface area contributed by atoms with Crippen molar-refractivity contribution in [2.45, 2.75) is 12.3 Å². The van der Waals surface area contributed by atoms with E-state index in [0.717, 1.165) is 6.08 Å². The van der Waals surface area contributed by atoms with Gasteiger partial charge in [-0.1, -0.05) is 6.08 Å². The molecule has 9 heavy (non-hydrogen) atoms. The van der Waals surface area contributed by atoms with Crippen LogP contribution in [0, 0.1) is 0 Å². The minimum Gasteiger partial charge on any atom is -0.512 e. The second-order valence-electron chi connectivity index (χ2n) is 2.01. The molecule has 1 atom stereocenters. The molecule has 1 aliphatic carbocycles. The zero-order valence-corrected chi connectivity index (χ0v) is 4.71. The normalized spacial score (nSPS) is 34.2. The van der Waals surface area contributed by atoms with Gasteiger partial charge in [-0.15, -0.1) is 0 Å². The standard InChI is InChI=1S/C6H7FO2/c7-6(9)3-1-2-5(8)4-6/h1-3,8-9H,4H2. The number of aliphatic hydroxyl groups is 2. The lowest BCUT2D eigenvalue weighted by atomic mass is 10.1. The van der Waals surface area contributed by atoms with Crippen LogP contribution in [0.3, 0.4) is 0 Å². The molecule has 0 amide bonds. The molecule has 0 heterocycles. The van der Waals surface area contributed by atoms with Gasteiger partial charge in [0.1, 0.15) is 0 Å². The number of hydrogen-bond acceptors (Lipinski definition) is 2. The monoisotopic (exact) mass is 130 g/mol. The van der Waals surface area contributed by atoms with Crippen molar-refractivity contribution in [2.24, 2.45) is 0 Å². The summed E-state index contributed by atoms with van der Waals surface area (Å²) in [7, 11) is 0. The molecule has 2 nitrogen and oxygen atoms in total. The Balaban J connectivity index is 2.73. The third-order valence-electron chi connectivity index (χ3n) is 1.07. The lowest BCUT2D eigenvalue weighted by Crippen LogP contribution is -2.20. The van der Waals surface area contributed by atoms with Crippen LogP contribution in [0.25, 0.3) is 0 Å². The van der Waals surface area contributed by atoms with Crippen molar-refractivity contribution in [1.29, 1.82) is 0 Å². The Morgan fingerprint density at radius 3 is 2.67 bits per heavy atom. The number of alkyl halides is 1. The smallest absolute Gasteiger partial charge is 0.233 e. The molecule has 0 saturated heterocycles. The highest BCUT2D eigenvalue weighted by Gasteiger charge is 2.25. The molecule has 3 heteroatoms. The first-order chi connectivity index (χ1) is 4.10. The molecule has 0 bridgehead atoms. The van der Waals surface area contributed by atoms with Crippen molar-refractivity contribution < 1.29 is 14.6 Å². The van der Waals surface area contributed by atoms with Crippen molar-refractivity contribution >= 4 is 0 Å². The summed E-state index contributed by atoms with van der Waals surface area (Å²) in [4.78, 5) is 0. The van der Waals surface area contributed by atoms with E-state index in [9.17, 15) is 4.39 Å². The summed E-state index contributed by atoms with van der Waals surface area (Å²) in [6.45, 7) is 0. The molecule has 0 aliphatic heterocycles. The van der Waals surface area contributed by atoms with Crippen molar-refractivity contribution in [3.8, 4) is 0 Å². The summed E-state index contributed by atoms with van der Waals surface area (Å²) in [6.07, 6.45) is 3.27. The van der Waals surface area contributed by atoms with Gasteiger partial charge in [-0.3, -0.25) is 0 Å². The van der Waals surface area contributed by atoms with Crippen LogP contribution >= 0.6 is 0 Å². The summed E-state index contributed by atoms with van der Waals surface area (Å²) in [5, 5.41) is 17.2. The van der Waals surface area contributed by atoms with Crippen LogP contribution < -0.4 is 0 Å². The molecule has 1 unspecified atom stereocenters. The molecule has 50 valence electrons. The van der Waals surface area contributed by atoms with Gasteiger partial charge < -0.3 is 10.2 Å². The number of aliphatic hydroxyl groups excluding tert-OH is 1. The quantitative estimate of drug-likeness (QED) is 0.514. The van der Waals surface area contributed by atoms with Gasteiger partial charge in [-0.25, -0.2) is 4.39 Å². The third kappa shape index (κ3) is 1.54. The van der Waals surface area contributed by atoms with Gasteiger partial charge >= 0.3 is 0 Å². The molecule has 0 saturated carbocycles. The topological polar surface area (TPSA) is 40.5 Å². The Morgan fingerprint density at radius 2 is 2.33 bits per heavy atom. The highest BCUT2D eigenvalue weighted by atomic mass is 19.2. The minimum atomic E-state index is -2.35. The molecular weight excluding hydrogens is 123 g/mol. The Morgan fingerprint density at radius 1 is 1.67 bits per heavy atom. The Bertz CT molecular complexity index is 170. The highest BCUT2D eigenvalue weighted by molar-refractivity contribution is 5.17. The molecule has 1 rings (SSSR count). The van der Waals surface area contributed by atoms with Gasteiger partial charge in [0.25, 0.3) is 0 Å². The van der Waals surface area contributed by atoms with E-state index in [1.165, 1.54) is 12.2 Å². The van der Waals surface area contributed by atoms with Crippen LogP contribution in [-0.2, 0) is 0 Å². The van der Waals surface area contributed by atoms with Crippen LogP contribution in [0.5, 0.6) is 0 Å². The van der Waals surface area contributed by atoms with Crippen molar-refractivity contribution in [3.05, 3.63) is 24.0 Å². The fourth-order valence-electron chi connectivity index (χ4n) is 0.679. The van der Waals surface area contributed by atoms with Crippen LogP contribution in [-0.4, -0.2) is 16.1 Å². The fourth-order valence-corrected chi connectivity index (χ4v) is 0.679. The van der Waals surface area contributed by atoms with Gasteiger partial charge in [-0.05, 0) is 12.2 Å². The summed E-state index contributed by atoms with van der Waals surface area (Å²) in [5.41, 5.74) is 0. The van der Waals surface area contributed by atoms with Crippen molar-refractivity contribution in [1.82, 2.24) is 0 Å². The molecule has 0 spiro atoms. The SMILES string of the molecule is OC1=CC=CC(O)(F)C1. The molecule has 0 aromatic carbocycles. The lowest BCUT2D eigenvalue weighted by Gasteiger charge is -2.15. The largest absolute Gasteiger partial charge is 0.512 e. The Labute approximate surface area is 51.9 Å². The predicted octanol–water partition coefficient (Wildman–Crippen LogP) is 1.05. The molecule has 0 fully saturated rings.